The average Bonchev–Trinajstić information content (AvgIpc) is 2.33. The van der Waals surface area contributed by atoms with Gasteiger partial charge in [-0.15, -0.1) is 0 Å². The highest BCUT2D eigenvalue weighted by Crippen LogP contribution is 2.26. The molecule has 0 bridgehead atoms. The Balaban J connectivity index is 2.92. The number of aliphatic carboxylic acids is 1. The fraction of sp³-hybridized carbons (Fsp3) is 0.273. The molecule has 1 aromatic rings. The first-order valence-corrected chi connectivity index (χ1v) is 4.62. The van der Waals surface area contributed by atoms with E-state index in [-0.39, 0.29) is 25.0 Å². The van der Waals surface area contributed by atoms with Crippen molar-refractivity contribution < 1.29 is 25.9 Å². The lowest BCUT2D eigenvalue weighted by Gasteiger charge is -2.08. The van der Waals surface area contributed by atoms with Crippen molar-refractivity contribution in [2.75, 3.05) is 7.09 Å². The number of aromatic hydroxyl groups is 1. The number of benzene rings is 1. The smallest absolute Gasteiger partial charge is 0.329 e. The number of isocyanates is 1. The lowest BCUT2D eigenvalue weighted by atomic mass is 10.1. The van der Waals surface area contributed by atoms with Gasteiger partial charge in [0.1, 0.15) is 0 Å². The predicted molar refractivity (Wildman–Crippen MR) is 57.9 cm³/mol. The van der Waals surface area contributed by atoms with E-state index in [4.69, 9.17) is 11.2 Å². The summed E-state index contributed by atoms with van der Waals surface area (Å²) in [6, 6.07) is 2.99. The summed E-state index contributed by atoms with van der Waals surface area (Å²) in [4.78, 5) is 24.0. The van der Waals surface area contributed by atoms with Gasteiger partial charge < -0.3 is 14.9 Å². The Morgan fingerprint density at radius 2 is 2.47 bits per heavy atom. The third-order valence-electron chi connectivity index (χ3n) is 2.10. The minimum Gasteiger partial charge on any atom is -0.504 e. The van der Waals surface area contributed by atoms with Crippen LogP contribution in [0.4, 0.5) is 0 Å². The lowest BCUT2D eigenvalue weighted by Crippen LogP contribution is -2.20. The Hall–Kier alpha value is -2.33. The van der Waals surface area contributed by atoms with Crippen molar-refractivity contribution in [1.29, 1.82) is 0 Å². The Labute approximate surface area is 98.6 Å². The molecule has 0 aliphatic rings. The molecular formula is C11H11NO5. The SMILES string of the molecule is [2H]COc1cc(C[C@H](N=C=O)C(=O)O)ccc1O. The molecule has 1 rings (SSSR count). The van der Waals surface area contributed by atoms with Crippen LogP contribution in [0, 0.1) is 0 Å². The predicted octanol–water partition coefficient (Wildman–Crippen LogP) is 0.732. The fourth-order valence-corrected chi connectivity index (χ4v) is 1.28. The molecule has 1 aromatic carbocycles. The molecule has 0 saturated carbocycles. The normalized spacial score (nSPS) is 12.1. The molecule has 6 heteroatoms. The summed E-state index contributed by atoms with van der Waals surface area (Å²) in [7, 11) is -0.369. The second kappa shape index (κ2) is 5.67. The van der Waals surface area contributed by atoms with Crippen LogP contribution in [0.15, 0.2) is 23.2 Å². The number of phenolic OH excluding ortho intramolecular Hbond substituents is 1. The summed E-state index contributed by atoms with van der Waals surface area (Å²) >= 11 is 0. The molecule has 17 heavy (non-hydrogen) atoms. The number of carboxylic acid groups (broad SMARTS) is 1. The molecule has 0 aromatic heterocycles. The van der Waals surface area contributed by atoms with Crippen LogP contribution in [0.25, 0.3) is 0 Å². The van der Waals surface area contributed by atoms with E-state index in [1.807, 2.05) is 0 Å². The van der Waals surface area contributed by atoms with Crippen molar-refractivity contribution >= 4 is 12.0 Å². The van der Waals surface area contributed by atoms with Gasteiger partial charge >= 0.3 is 5.97 Å². The van der Waals surface area contributed by atoms with Crippen molar-refractivity contribution in [3.8, 4) is 11.5 Å². The van der Waals surface area contributed by atoms with Gasteiger partial charge in [-0.25, -0.2) is 9.59 Å². The number of nitrogens with zero attached hydrogens (tertiary/aromatic N) is 1. The first-order valence-electron chi connectivity index (χ1n) is 5.33. The highest BCUT2D eigenvalue weighted by molar-refractivity contribution is 5.75. The van der Waals surface area contributed by atoms with E-state index < -0.39 is 12.0 Å². The quantitative estimate of drug-likeness (QED) is 0.582. The second-order valence-electron chi connectivity index (χ2n) is 3.22. The minimum atomic E-state index is -1.24. The van der Waals surface area contributed by atoms with Gasteiger partial charge in [-0.3, -0.25) is 0 Å². The van der Waals surface area contributed by atoms with E-state index in [1.54, 1.807) is 0 Å². The molecule has 6 nitrogen and oxygen atoms in total. The molecular weight excluding hydrogens is 226 g/mol. The number of phenols is 1. The molecule has 0 spiro atoms. The third kappa shape index (κ3) is 3.32. The summed E-state index contributed by atoms with van der Waals surface area (Å²) in [5, 5.41) is 18.2. The number of hydrogen-bond acceptors (Lipinski definition) is 5. The summed E-state index contributed by atoms with van der Waals surface area (Å²) in [6.45, 7) is 0. The first-order chi connectivity index (χ1) is 8.58. The number of hydrogen-bond donors (Lipinski definition) is 2. The van der Waals surface area contributed by atoms with Gasteiger partial charge in [0, 0.05) is 6.42 Å². The molecule has 0 fully saturated rings. The second-order valence-corrected chi connectivity index (χ2v) is 3.22. The highest BCUT2D eigenvalue weighted by Gasteiger charge is 2.17. The van der Waals surface area contributed by atoms with Gasteiger partial charge in [-0.1, -0.05) is 6.07 Å². The van der Waals surface area contributed by atoms with Crippen molar-refractivity contribution in [3.63, 3.8) is 0 Å². The van der Waals surface area contributed by atoms with Gasteiger partial charge in [-0.05, 0) is 17.7 Å². The monoisotopic (exact) mass is 238 g/mol. The summed E-state index contributed by atoms with van der Waals surface area (Å²) in [5.74, 6) is -1.30. The Morgan fingerprint density at radius 1 is 1.71 bits per heavy atom. The number of carbonyl (C=O) groups is 1. The van der Waals surface area contributed by atoms with Crippen LogP contribution in [0.2, 0.25) is 0 Å². The summed E-state index contributed by atoms with van der Waals surface area (Å²) < 4.78 is 11.7. The molecule has 0 radical (unpaired) electrons. The van der Waals surface area contributed by atoms with Crippen molar-refractivity contribution in [3.05, 3.63) is 23.8 Å². The van der Waals surface area contributed by atoms with Crippen LogP contribution < -0.4 is 4.74 Å². The largest absolute Gasteiger partial charge is 0.504 e. The maximum atomic E-state index is 10.8. The van der Waals surface area contributed by atoms with Gasteiger partial charge in [0.25, 0.3) is 0 Å². The number of rotatable bonds is 5. The van der Waals surface area contributed by atoms with Crippen LogP contribution in [-0.2, 0) is 16.0 Å². The van der Waals surface area contributed by atoms with Gasteiger partial charge in [-0.2, -0.15) is 4.99 Å². The summed E-state index contributed by atoms with van der Waals surface area (Å²) in [6.07, 6.45) is 1.18. The van der Waals surface area contributed by atoms with Crippen molar-refractivity contribution in [2.45, 2.75) is 12.5 Å². The number of aliphatic imine (C=N–C) groups is 1. The zero-order valence-electron chi connectivity index (χ0n) is 9.79. The molecule has 0 saturated heterocycles. The van der Waals surface area contributed by atoms with Crippen LogP contribution >= 0.6 is 0 Å². The zero-order chi connectivity index (χ0) is 13.5. The van der Waals surface area contributed by atoms with Gasteiger partial charge in [0.2, 0.25) is 6.08 Å². The maximum absolute atomic E-state index is 10.8. The van der Waals surface area contributed by atoms with E-state index in [9.17, 15) is 14.7 Å². The Kier molecular flexibility index (Phi) is 3.72. The van der Waals surface area contributed by atoms with Crippen LogP contribution in [0.5, 0.6) is 11.5 Å². The average molecular weight is 238 g/mol. The topological polar surface area (TPSA) is 96.2 Å². The van der Waals surface area contributed by atoms with E-state index in [1.165, 1.54) is 24.3 Å². The van der Waals surface area contributed by atoms with E-state index in [0.29, 0.717) is 5.56 Å². The first kappa shape index (κ1) is 11.2. The fourth-order valence-electron chi connectivity index (χ4n) is 1.28. The van der Waals surface area contributed by atoms with E-state index >= 15 is 0 Å². The molecule has 0 unspecified atom stereocenters. The Morgan fingerprint density at radius 3 is 3.06 bits per heavy atom. The number of methoxy groups -OCH3 is 1. The minimum absolute atomic E-state index is 0.0286. The zero-order valence-corrected chi connectivity index (χ0v) is 8.79. The van der Waals surface area contributed by atoms with Crippen LogP contribution in [-0.4, -0.2) is 35.4 Å². The molecule has 0 heterocycles. The maximum Gasteiger partial charge on any atom is 0.329 e. The summed E-state index contributed by atoms with van der Waals surface area (Å²) in [5.41, 5.74) is 0.516. The molecule has 0 amide bonds. The standard InChI is InChI=1S/C11H11NO5/c1-17-10-5-7(2-3-9(10)14)4-8(11(15)16)12-6-13/h2-3,5,8,14H,4H2,1H3,(H,15,16)/t8-/m0/s1/i1D. The molecule has 0 aliphatic heterocycles. The lowest BCUT2D eigenvalue weighted by molar-refractivity contribution is -0.138. The number of ether oxygens (including phenoxy) is 1. The van der Waals surface area contributed by atoms with Gasteiger partial charge in [0.05, 0.1) is 8.46 Å². The molecule has 90 valence electrons. The molecule has 1 atom stereocenters. The van der Waals surface area contributed by atoms with Gasteiger partial charge in [0.15, 0.2) is 17.5 Å². The van der Waals surface area contributed by atoms with Crippen molar-refractivity contribution in [1.82, 2.24) is 0 Å². The van der Waals surface area contributed by atoms with Crippen LogP contribution in [0.3, 0.4) is 0 Å². The van der Waals surface area contributed by atoms with E-state index in [2.05, 4.69) is 4.99 Å². The number of carbonyl (C=O) groups excluding carboxylic acids is 1. The number of carboxylic acids is 1. The Bertz CT molecular complexity index is 482. The van der Waals surface area contributed by atoms with Crippen LogP contribution in [0.1, 0.15) is 6.93 Å². The highest BCUT2D eigenvalue weighted by atomic mass is 16.5. The molecule has 0 aliphatic carbocycles. The molecule has 2 N–H and O–H groups in total. The van der Waals surface area contributed by atoms with Crippen molar-refractivity contribution in [2.24, 2.45) is 4.99 Å². The van der Waals surface area contributed by atoms with E-state index in [0.717, 1.165) is 0 Å². The third-order valence-corrected chi connectivity index (χ3v) is 2.10.